The second-order valence-corrected chi connectivity index (χ2v) is 5.02. The van der Waals surface area contributed by atoms with Gasteiger partial charge in [-0.15, -0.1) is 0 Å². The van der Waals surface area contributed by atoms with Crippen LogP contribution in [0.1, 0.15) is 33.6 Å². The highest BCUT2D eigenvalue weighted by Crippen LogP contribution is 2.25. The summed E-state index contributed by atoms with van der Waals surface area (Å²) in [5.41, 5.74) is 0. The first-order valence-corrected chi connectivity index (χ1v) is 6.03. The van der Waals surface area contributed by atoms with Gasteiger partial charge in [0.25, 0.3) is 0 Å². The molecular formula is C12H26N2. The number of nitrogens with zero attached hydrogens (tertiary/aromatic N) is 1. The molecule has 0 aromatic heterocycles. The number of rotatable bonds is 4. The second-order valence-electron chi connectivity index (χ2n) is 5.02. The molecule has 84 valence electrons. The van der Waals surface area contributed by atoms with Crippen molar-refractivity contribution in [1.82, 2.24) is 10.2 Å². The first-order chi connectivity index (χ1) is 6.65. The predicted molar refractivity (Wildman–Crippen MR) is 62.5 cm³/mol. The lowest BCUT2D eigenvalue weighted by Gasteiger charge is -2.37. The van der Waals surface area contributed by atoms with Crippen molar-refractivity contribution < 1.29 is 0 Å². The van der Waals surface area contributed by atoms with Crippen molar-refractivity contribution >= 4 is 0 Å². The SMILES string of the molecule is CNCC(C)N1CCC(C(C)C)CC1. The van der Waals surface area contributed by atoms with Crippen LogP contribution < -0.4 is 5.32 Å². The Bertz CT molecular complexity index is 148. The molecule has 0 aliphatic carbocycles. The van der Waals surface area contributed by atoms with Crippen LogP contribution in [0.5, 0.6) is 0 Å². The summed E-state index contributed by atoms with van der Waals surface area (Å²) in [5.74, 6) is 1.84. The van der Waals surface area contributed by atoms with Gasteiger partial charge >= 0.3 is 0 Å². The van der Waals surface area contributed by atoms with E-state index in [1.165, 1.54) is 25.9 Å². The maximum absolute atomic E-state index is 3.26. The molecule has 0 saturated carbocycles. The molecule has 14 heavy (non-hydrogen) atoms. The van der Waals surface area contributed by atoms with Crippen LogP contribution in [0.25, 0.3) is 0 Å². The molecule has 0 aromatic rings. The minimum absolute atomic E-state index is 0.702. The normalized spacial score (nSPS) is 22.9. The Morgan fingerprint density at radius 3 is 2.21 bits per heavy atom. The van der Waals surface area contributed by atoms with Crippen LogP contribution in [0.15, 0.2) is 0 Å². The van der Waals surface area contributed by atoms with Gasteiger partial charge in [0, 0.05) is 12.6 Å². The van der Waals surface area contributed by atoms with Crippen LogP contribution in [0.2, 0.25) is 0 Å². The van der Waals surface area contributed by atoms with Gasteiger partial charge < -0.3 is 5.32 Å². The zero-order valence-corrected chi connectivity index (χ0v) is 10.2. The van der Waals surface area contributed by atoms with Crippen LogP contribution >= 0.6 is 0 Å². The molecule has 1 N–H and O–H groups in total. The molecule has 0 radical (unpaired) electrons. The van der Waals surface area contributed by atoms with Crippen molar-refractivity contribution in [2.45, 2.75) is 39.7 Å². The number of hydrogen-bond acceptors (Lipinski definition) is 2. The molecule has 2 heteroatoms. The number of likely N-dealkylation sites (N-methyl/N-ethyl adjacent to an activating group) is 1. The smallest absolute Gasteiger partial charge is 0.0192 e. The van der Waals surface area contributed by atoms with Gasteiger partial charge in [-0.25, -0.2) is 0 Å². The third kappa shape index (κ3) is 3.25. The Morgan fingerprint density at radius 1 is 1.21 bits per heavy atom. The highest BCUT2D eigenvalue weighted by molar-refractivity contribution is 4.78. The van der Waals surface area contributed by atoms with E-state index in [9.17, 15) is 0 Å². The fourth-order valence-electron chi connectivity index (χ4n) is 2.45. The number of likely N-dealkylation sites (tertiary alicyclic amines) is 1. The van der Waals surface area contributed by atoms with E-state index in [2.05, 4.69) is 31.0 Å². The molecule has 0 bridgehead atoms. The molecule has 0 amide bonds. The van der Waals surface area contributed by atoms with E-state index in [-0.39, 0.29) is 0 Å². The minimum Gasteiger partial charge on any atom is -0.318 e. The predicted octanol–water partition coefficient (Wildman–Crippen LogP) is 1.96. The summed E-state index contributed by atoms with van der Waals surface area (Å²) < 4.78 is 0. The molecule has 1 atom stereocenters. The van der Waals surface area contributed by atoms with E-state index in [0.29, 0.717) is 6.04 Å². The summed E-state index contributed by atoms with van der Waals surface area (Å²) >= 11 is 0. The maximum Gasteiger partial charge on any atom is 0.0192 e. The third-order valence-electron chi connectivity index (χ3n) is 3.64. The van der Waals surface area contributed by atoms with Gasteiger partial charge in [-0.2, -0.15) is 0 Å². The van der Waals surface area contributed by atoms with Crippen LogP contribution in [0.3, 0.4) is 0 Å². The zero-order chi connectivity index (χ0) is 10.6. The van der Waals surface area contributed by atoms with Crippen LogP contribution in [0.4, 0.5) is 0 Å². The number of hydrogen-bond donors (Lipinski definition) is 1. The molecule has 1 fully saturated rings. The molecule has 1 aliphatic rings. The molecule has 1 rings (SSSR count). The lowest BCUT2D eigenvalue weighted by molar-refractivity contribution is 0.122. The average molecular weight is 198 g/mol. The summed E-state index contributed by atoms with van der Waals surface area (Å²) in [7, 11) is 2.04. The molecule has 0 spiro atoms. The Balaban J connectivity index is 2.28. The van der Waals surface area contributed by atoms with Crippen LogP contribution in [-0.2, 0) is 0 Å². The lowest BCUT2D eigenvalue weighted by atomic mass is 9.86. The lowest BCUT2D eigenvalue weighted by Crippen LogP contribution is -2.44. The van der Waals surface area contributed by atoms with Gasteiger partial charge in [-0.3, -0.25) is 4.90 Å². The average Bonchev–Trinajstić information content (AvgIpc) is 2.18. The first kappa shape index (κ1) is 12.0. The highest BCUT2D eigenvalue weighted by Gasteiger charge is 2.23. The summed E-state index contributed by atoms with van der Waals surface area (Å²) in [6, 6.07) is 0.702. The molecule has 1 heterocycles. The van der Waals surface area contributed by atoms with Crippen molar-refractivity contribution in [2.75, 3.05) is 26.7 Å². The molecular weight excluding hydrogens is 172 g/mol. The van der Waals surface area contributed by atoms with E-state index in [0.717, 1.165) is 18.4 Å². The Labute approximate surface area is 89.1 Å². The minimum atomic E-state index is 0.702. The largest absolute Gasteiger partial charge is 0.318 e. The second kappa shape index (κ2) is 5.72. The topological polar surface area (TPSA) is 15.3 Å². The molecule has 1 unspecified atom stereocenters. The Kier molecular flexibility index (Phi) is 4.90. The van der Waals surface area contributed by atoms with E-state index >= 15 is 0 Å². The maximum atomic E-state index is 3.26. The van der Waals surface area contributed by atoms with Gasteiger partial charge in [0.15, 0.2) is 0 Å². The Morgan fingerprint density at radius 2 is 1.79 bits per heavy atom. The number of nitrogens with one attached hydrogen (secondary N) is 1. The summed E-state index contributed by atoms with van der Waals surface area (Å²) in [6.45, 7) is 10.8. The van der Waals surface area contributed by atoms with E-state index in [1.54, 1.807) is 0 Å². The van der Waals surface area contributed by atoms with E-state index in [1.807, 2.05) is 7.05 Å². The Hall–Kier alpha value is -0.0800. The number of piperidine rings is 1. The summed E-state index contributed by atoms with van der Waals surface area (Å²) in [6.07, 6.45) is 2.79. The van der Waals surface area contributed by atoms with Gasteiger partial charge in [0.2, 0.25) is 0 Å². The summed E-state index contributed by atoms with van der Waals surface area (Å²) in [5, 5.41) is 3.26. The monoisotopic (exact) mass is 198 g/mol. The van der Waals surface area contributed by atoms with Crippen molar-refractivity contribution in [3.05, 3.63) is 0 Å². The fraction of sp³-hybridized carbons (Fsp3) is 1.00. The molecule has 0 aromatic carbocycles. The molecule has 2 nitrogen and oxygen atoms in total. The van der Waals surface area contributed by atoms with Gasteiger partial charge in [-0.05, 0) is 51.7 Å². The fourth-order valence-corrected chi connectivity index (χ4v) is 2.45. The molecule has 1 saturated heterocycles. The third-order valence-corrected chi connectivity index (χ3v) is 3.64. The summed E-state index contributed by atoms with van der Waals surface area (Å²) in [4.78, 5) is 2.62. The van der Waals surface area contributed by atoms with Crippen molar-refractivity contribution in [3.8, 4) is 0 Å². The van der Waals surface area contributed by atoms with Crippen molar-refractivity contribution in [3.63, 3.8) is 0 Å². The van der Waals surface area contributed by atoms with Crippen LogP contribution in [0, 0.1) is 11.8 Å². The van der Waals surface area contributed by atoms with E-state index in [4.69, 9.17) is 0 Å². The van der Waals surface area contributed by atoms with E-state index < -0.39 is 0 Å². The highest BCUT2D eigenvalue weighted by atomic mass is 15.2. The van der Waals surface area contributed by atoms with Gasteiger partial charge in [0.05, 0.1) is 0 Å². The van der Waals surface area contributed by atoms with Crippen molar-refractivity contribution in [1.29, 1.82) is 0 Å². The van der Waals surface area contributed by atoms with Crippen molar-refractivity contribution in [2.24, 2.45) is 11.8 Å². The van der Waals surface area contributed by atoms with Crippen LogP contribution in [-0.4, -0.2) is 37.6 Å². The van der Waals surface area contributed by atoms with Gasteiger partial charge in [0.1, 0.15) is 0 Å². The standard InChI is InChI=1S/C12H26N2/c1-10(2)12-5-7-14(8-6-12)11(3)9-13-4/h10-13H,5-9H2,1-4H3. The zero-order valence-electron chi connectivity index (χ0n) is 10.2. The quantitative estimate of drug-likeness (QED) is 0.743. The van der Waals surface area contributed by atoms with Gasteiger partial charge in [-0.1, -0.05) is 13.8 Å². The first-order valence-electron chi connectivity index (χ1n) is 6.03. The molecule has 1 aliphatic heterocycles.